The Bertz CT molecular complexity index is 553. The Morgan fingerprint density at radius 1 is 1.42 bits per heavy atom. The summed E-state index contributed by atoms with van der Waals surface area (Å²) in [7, 11) is -3.51. The molecular weight excluding hydrogens is 262 g/mol. The number of nitrogens with two attached hydrogens (primary N) is 1. The average Bonchev–Trinajstić information content (AvgIpc) is 2.85. The van der Waals surface area contributed by atoms with Crippen molar-refractivity contribution in [3.8, 4) is 0 Å². The molecule has 0 spiro atoms. The zero-order valence-electron chi connectivity index (χ0n) is 11.5. The van der Waals surface area contributed by atoms with E-state index in [1.807, 2.05) is 0 Å². The van der Waals surface area contributed by atoms with Crippen LogP contribution in [0.3, 0.4) is 0 Å². The maximum Gasteiger partial charge on any atom is 0.246 e. The van der Waals surface area contributed by atoms with Gasteiger partial charge in [0.1, 0.15) is 10.7 Å². The topological polar surface area (TPSA) is 76.3 Å². The average molecular weight is 283 g/mol. The largest absolute Gasteiger partial charge is 0.383 e. The van der Waals surface area contributed by atoms with Gasteiger partial charge in [-0.1, -0.05) is 13.8 Å². The maximum absolute atomic E-state index is 12.6. The van der Waals surface area contributed by atoms with Crippen molar-refractivity contribution in [1.29, 1.82) is 0 Å². The van der Waals surface area contributed by atoms with Gasteiger partial charge in [-0.2, -0.15) is 4.31 Å². The third-order valence-corrected chi connectivity index (χ3v) is 6.21. The Kier molecular flexibility index (Phi) is 3.82. The second-order valence-electron chi connectivity index (χ2n) is 5.18. The second kappa shape index (κ2) is 5.09. The van der Waals surface area contributed by atoms with E-state index in [4.69, 9.17) is 5.73 Å². The van der Waals surface area contributed by atoms with Crippen molar-refractivity contribution in [2.24, 2.45) is 5.41 Å². The first-order valence-electron chi connectivity index (χ1n) is 6.66. The van der Waals surface area contributed by atoms with Gasteiger partial charge >= 0.3 is 0 Å². The summed E-state index contributed by atoms with van der Waals surface area (Å²) in [4.78, 5) is 3.99. The molecule has 5 nitrogen and oxygen atoms in total. The van der Waals surface area contributed by atoms with Crippen molar-refractivity contribution >= 4 is 15.8 Å². The fourth-order valence-electron chi connectivity index (χ4n) is 2.69. The highest BCUT2D eigenvalue weighted by Crippen LogP contribution is 2.39. The summed E-state index contributed by atoms with van der Waals surface area (Å²) < 4.78 is 26.7. The number of sulfonamides is 1. The molecule has 1 aromatic rings. The third-order valence-electron chi connectivity index (χ3n) is 4.32. The number of pyridine rings is 1. The van der Waals surface area contributed by atoms with Crippen LogP contribution < -0.4 is 5.73 Å². The maximum atomic E-state index is 12.6. The van der Waals surface area contributed by atoms with E-state index in [1.165, 1.54) is 12.3 Å². The monoisotopic (exact) mass is 283 g/mol. The van der Waals surface area contributed by atoms with Crippen LogP contribution in [-0.4, -0.2) is 30.8 Å². The summed E-state index contributed by atoms with van der Waals surface area (Å²) in [5.74, 6) is 0.0768. The zero-order chi connectivity index (χ0) is 14.1. The molecule has 0 amide bonds. The molecule has 2 N–H and O–H groups in total. The lowest BCUT2D eigenvalue weighted by Crippen LogP contribution is -2.32. The van der Waals surface area contributed by atoms with Gasteiger partial charge in [0.15, 0.2) is 0 Å². The van der Waals surface area contributed by atoms with E-state index in [2.05, 4.69) is 18.8 Å². The molecule has 106 valence electrons. The summed E-state index contributed by atoms with van der Waals surface area (Å²) in [6.45, 7) is 5.39. The van der Waals surface area contributed by atoms with E-state index >= 15 is 0 Å². The van der Waals surface area contributed by atoms with Crippen LogP contribution in [0.15, 0.2) is 23.2 Å². The zero-order valence-corrected chi connectivity index (χ0v) is 12.3. The van der Waals surface area contributed by atoms with Gasteiger partial charge in [0.2, 0.25) is 10.0 Å². The Morgan fingerprint density at radius 3 is 2.63 bits per heavy atom. The minimum Gasteiger partial charge on any atom is -0.383 e. The molecule has 1 fully saturated rings. The van der Waals surface area contributed by atoms with E-state index in [1.54, 1.807) is 10.4 Å². The van der Waals surface area contributed by atoms with Gasteiger partial charge in [0, 0.05) is 19.3 Å². The second-order valence-corrected chi connectivity index (χ2v) is 7.09. The van der Waals surface area contributed by atoms with E-state index in [-0.39, 0.29) is 16.1 Å². The van der Waals surface area contributed by atoms with Crippen LogP contribution in [0.1, 0.15) is 33.1 Å². The molecule has 0 bridgehead atoms. The minimum absolute atomic E-state index is 0.0768. The number of rotatable bonds is 4. The number of hydrogen-bond acceptors (Lipinski definition) is 4. The number of nitrogens with zero attached hydrogens (tertiary/aromatic N) is 2. The Balaban J connectivity index is 2.31. The Labute approximate surface area is 114 Å². The van der Waals surface area contributed by atoms with Crippen molar-refractivity contribution in [2.45, 2.75) is 38.0 Å². The SMILES string of the molecule is CCC1(CC)CCN(S(=O)(=O)c2cccnc2N)C1. The summed E-state index contributed by atoms with van der Waals surface area (Å²) >= 11 is 0. The molecule has 19 heavy (non-hydrogen) atoms. The molecular formula is C13H21N3O2S. The lowest BCUT2D eigenvalue weighted by molar-refractivity contribution is 0.279. The van der Waals surface area contributed by atoms with Crippen molar-refractivity contribution in [3.63, 3.8) is 0 Å². The molecule has 0 aliphatic carbocycles. The molecule has 1 aliphatic rings. The number of anilines is 1. The predicted molar refractivity (Wildman–Crippen MR) is 75.0 cm³/mol. The molecule has 1 aromatic heterocycles. The molecule has 6 heteroatoms. The Hall–Kier alpha value is -1.14. The quantitative estimate of drug-likeness (QED) is 0.915. The van der Waals surface area contributed by atoms with E-state index in [0.29, 0.717) is 13.1 Å². The highest BCUT2D eigenvalue weighted by atomic mass is 32.2. The fourth-order valence-corrected chi connectivity index (χ4v) is 4.31. The van der Waals surface area contributed by atoms with Gasteiger partial charge in [0.25, 0.3) is 0 Å². The standard InChI is InChI=1S/C13H21N3O2S/c1-3-13(4-2)7-9-16(10-13)19(17,18)11-6-5-8-15-12(11)14/h5-6,8H,3-4,7,9-10H2,1-2H3,(H2,14,15). The van der Waals surface area contributed by atoms with E-state index < -0.39 is 10.0 Å². The van der Waals surface area contributed by atoms with Crippen molar-refractivity contribution in [1.82, 2.24) is 9.29 Å². The first kappa shape index (κ1) is 14.3. The lowest BCUT2D eigenvalue weighted by Gasteiger charge is -2.26. The predicted octanol–water partition coefficient (Wildman–Crippen LogP) is 1.86. The molecule has 2 rings (SSSR count). The summed E-state index contributed by atoms with van der Waals surface area (Å²) in [5, 5.41) is 0. The van der Waals surface area contributed by atoms with Crippen molar-refractivity contribution in [3.05, 3.63) is 18.3 Å². The Morgan fingerprint density at radius 2 is 2.11 bits per heavy atom. The van der Waals surface area contributed by atoms with Crippen molar-refractivity contribution < 1.29 is 8.42 Å². The first-order chi connectivity index (χ1) is 8.95. The highest BCUT2D eigenvalue weighted by molar-refractivity contribution is 7.89. The molecule has 0 aromatic carbocycles. The molecule has 1 saturated heterocycles. The summed E-state index contributed by atoms with van der Waals surface area (Å²) in [6, 6.07) is 3.13. The minimum atomic E-state index is -3.51. The van der Waals surface area contributed by atoms with Gasteiger partial charge < -0.3 is 5.73 Å². The van der Waals surface area contributed by atoms with E-state index in [9.17, 15) is 8.42 Å². The van der Waals surface area contributed by atoms with Crippen LogP contribution in [0.2, 0.25) is 0 Å². The summed E-state index contributed by atoms with van der Waals surface area (Å²) in [5.41, 5.74) is 5.81. The fraction of sp³-hybridized carbons (Fsp3) is 0.615. The van der Waals surface area contributed by atoms with Crippen LogP contribution in [0.4, 0.5) is 5.82 Å². The molecule has 1 aliphatic heterocycles. The van der Waals surface area contributed by atoms with Gasteiger partial charge in [-0.3, -0.25) is 0 Å². The van der Waals surface area contributed by atoms with Crippen molar-refractivity contribution in [2.75, 3.05) is 18.8 Å². The van der Waals surface area contributed by atoms with Crippen LogP contribution in [0.5, 0.6) is 0 Å². The molecule has 0 atom stereocenters. The number of aromatic nitrogens is 1. The lowest BCUT2D eigenvalue weighted by atomic mass is 9.82. The smallest absolute Gasteiger partial charge is 0.246 e. The van der Waals surface area contributed by atoms with Gasteiger partial charge in [-0.05, 0) is 36.8 Å². The van der Waals surface area contributed by atoms with Gasteiger partial charge in [0.05, 0.1) is 0 Å². The number of hydrogen-bond donors (Lipinski definition) is 1. The summed E-state index contributed by atoms with van der Waals surface area (Å²) in [6.07, 6.45) is 4.41. The van der Waals surface area contributed by atoms with Gasteiger partial charge in [-0.15, -0.1) is 0 Å². The van der Waals surface area contributed by atoms with Gasteiger partial charge in [-0.25, -0.2) is 13.4 Å². The molecule has 0 radical (unpaired) electrons. The molecule has 0 unspecified atom stereocenters. The van der Waals surface area contributed by atoms with Crippen LogP contribution >= 0.6 is 0 Å². The van der Waals surface area contributed by atoms with E-state index in [0.717, 1.165) is 19.3 Å². The molecule has 0 saturated carbocycles. The molecule has 2 heterocycles. The normalized spacial score (nSPS) is 19.7. The van der Waals surface area contributed by atoms with Crippen LogP contribution in [0.25, 0.3) is 0 Å². The first-order valence-corrected chi connectivity index (χ1v) is 8.10. The van der Waals surface area contributed by atoms with Crippen LogP contribution in [-0.2, 0) is 10.0 Å². The number of nitrogen functional groups attached to an aromatic ring is 1. The van der Waals surface area contributed by atoms with Crippen LogP contribution in [0, 0.1) is 5.41 Å². The third kappa shape index (κ3) is 2.47. The highest BCUT2D eigenvalue weighted by Gasteiger charge is 2.41.